The Bertz CT molecular complexity index is 971. The minimum absolute atomic E-state index is 0.118. The minimum Gasteiger partial charge on any atom is -0.507 e. The van der Waals surface area contributed by atoms with Gasteiger partial charge in [-0.1, -0.05) is 49.6 Å². The molecule has 0 amide bonds. The first-order valence-electron chi connectivity index (χ1n) is 9.11. The van der Waals surface area contributed by atoms with Crippen molar-refractivity contribution in [3.05, 3.63) is 52.3 Å². The van der Waals surface area contributed by atoms with E-state index in [4.69, 9.17) is 0 Å². The van der Waals surface area contributed by atoms with Gasteiger partial charge in [-0.15, -0.1) is 0 Å². The van der Waals surface area contributed by atoms with Crippen molar-refractivity contribution in [2.45, 2.75) is 44.7 Å². The zero-order valence-electron chi connectivity index (χ0n) is 14.6. The molecule has 4 rings (SSSR count). The van der Waals surface area contributed by atoms with Crippen LogP contribution in [0.2, 0.25) is 0 Å². The SMILES string of the molecule is CN(Cc1c(O)c2ccc3ccccc3c2[nH]c1=O)C1CCCCC1. The molecular weight excluding hydrogens is 312 g/mol. The van der Waals surface area contributed by atoms with Gasteiger partial charge in [-0.3, -0.25) is 9.69 Å². The summed E-state index contributed by atoms with van der Waals surface area (Å²) in [5, 5.41) is 13.5. The van der Waals surface area contributed by atoms with E-state index in [9.17, 15) is 9.90 Å². The largest absolute Gasteiger partial charge is 0.507 e. The summed E-state index contributed by atoms with van der Waals surface area (Å²) in [6, 6.07) is 12.3. The van der Waals surface area contributed by atoms with Gasteiger partial charge in [0.25, 0.3) is 5.56 Å². The predicted molar refractivity (Wildman–Crippen MR) is 102 cm³/mol. The van der Waals surface area contributed by atoms with Gasteiger partial charge < -0.3 is 10.1 Å². The first kappa shape index (κ1) is 16.2. The number of hydrogen-bond acceptors (Lipinski definition) is 3. The Morgan fingerprint density at radius 3 is 2.64 bits per heavy atom. The van der Waals surface area contributed by atoms with Crippen LogP contribution in [0.4, 0.5) is 0 Å². The van der Waals surface area contributed by atoms with Crippen LogP contribution in [0.15, 0.2) is 41.2 Å². The molecule has 1 saturated carbocycles. The lowest BCUT2D eigenvalue weighted by atomic mass is 9.94. The zero-order chi connectivity index (χ0) is 17.4. The van der Waals surface area contributed by atoms with Crippen LogP contribution < -0.4 is 5.56 Å². The third kappa shape index (κ3) is 2.91. The molecular formula is C21H24N2O2. The van der Waals surface area contributed by atoms with E-state index in [1.165, 1.54) is 32.1 Å². The molecule has 0 aliphatic heterocycles. The number of H-pyrrole nitrogens is 1. The van der Waals surface area contributed by atoms with Crippen molar-refractivity contribution in [3.63, 3.8) is 0 Å². The summed E-state index contributed by atoms with van der Waals surface area (Å²) in [4.78, 5) is 17.9. The van der Waals surface area contributed by atoms with E-state index in [2.05, 4.69) is 16.9 Å². The molecule has 2 aromatic carbocycles. The molecule has 1 fully saturated rings. The number of aromatic amines is 1. The number of nitrogens with one attached hydrogen (secondary N) is 1. The Kier molecular flexibility index (Phi) is 4.22. The van der Waals surface area contributed by atoms with Crippen molar-refractivity contribution < 1.29 is 5.11 Å². The topological polar surface area (TPSA) is 56.3 Å². The number of aromatic hydroxyl groups is 1. The normalized spacial score (nSPS) is 16.1. The standard InChI is InChI=1S/C21H24N2O2/c1-23(15-8-3-2-4-9-15)13-18-20(24)17-12-11-14-7-5-6-10-16(14)19(17)22-21(18)25/h5-7,10-12,15H,2-4,8-9,13H2,1H3,(H2,22,24,25). The fraction of sp³-hybridized carbons (Fsp3) is 0.381. The maximum atomic E-state index is 12.7. The highest BCUT2D eigenvalue weighted by Crippen LogP contribution is 2.31. The van der Waals surface area contributed by atoms with Crippen LogP contribution in [0.25, 0.3) is 21.7 Å². The van der Waals surface area contributed by atoms with Gasteiger partial charge in [-0.2, -0.15) is 0 Å². The number of nitrogens with zero attached hydrogens (tertiary/aromatic N) is 1. The highest BCUT2D eigenvalue weighted by molar-refractivity contribution is 6.07. The Morgan fingerprint density at radius 1 is 1.08 bits per heavy atom. The Hall–Kier alpha value is -2.33. The second-order valence-electron chi connectivity index (χ2n) is 7.20. The highest BCUT2D eigenvalue weighted by Gasteiger charge is 2.21. The summed E-state index contributed by atoms with van der Waals surface area (Å²) in [5.41, 5.74) is 0.990. The molecule has 4 nitrogen and oxygen atoms in total. The van der Waals surface area contributed by atoms with Crippen LogP contribution in [0.5, 0.6) is 5.75 Å². The summed E-state index contributed by atoms with van der Waals surface area (Å²) in [7, 11) is 2.06. The van der Waals surface area contributed by atoms with Crippen molar-refractivity contribution in [1.29, 1.82) is 0 Å². The van der Waals surface area contributed by atoms with Crippen LogP contribution >= 0.6 is 0 Å². The van der Waals surface area contributed by atoms with Crippen molar-refractivity contribution in [3.8, 4) is 5.75 Å². The Labute approximate surface area is 147 Å². The molecule has 1 aromatic heterocycles. The summed E-state index contributed by atoms with van der Waals surface area (Å²) in [6.45, 7) is 0.481. The number of pyridine rings is 1. The average Bonchev–Trinajstić information content (AvgIpc) is 2.65. The maximum Gasteiger partial charge on any atom is 0.256 e. The van der Waals surface area contributed by atoms with Crippen molar-refractivity contribution >= 4 is 21.7 Å². The van der Waals surface area contributed by atoms with Gasteiger partial charge in [0.15, 0.2) is 0 Å². The predicted octanol–water partition coefficient (Wildman–Crippen LogP) is 4.15. The number of benzene rings is 2. The molecule has 3 aromatic rings. The summed E-state index contributed by atoms with van der Waals surface area (Å²) in [5.74, 6) is 0.118. The maximum absolute atomic E-state index is 12.7. The molecule has 2 N–H and O–H groups in total. The lowest BCUT2D eigenvalue weighted by Crippen LogP contribution is -2.34. The molecule has 4 heteroatoms. The third-order valence-corrected chi connectivity index (χ3v) is 5.59. The van der Waals surface area contributed by atoms with Crippen LogP contribution in [0.1, 0.15) is 37.7 Å². The van der Waals surface area contributed by atoms with Gasteiger partial charge >= 0.3 is 0 Å². The first-order chi connectivity index (χ1) is 12.1. The smallest absolute Gasteiger partial charge is 0.256 e. The molecule has 0 atom stereocenters. The van der Waals surface area contributed by atoms with E-state index < -0.39 is 0 Å². The van der Waals surface area contributed by atoms with E-state index in [1.54, 1.807) is 0 Å². The van der Waals surface area contributed by atoms with E-state index in [1.807, 2.05) is 36.4 Å². The average molecular weight is 336 g/mol. The van der Waals surface area contributed by atoms with Gasteiger partial charge in [0.05, 0.1) is 11.1 Å². The summed E-state index contributed by atoms with van der Waals surface area (Å²) in [6.07, 6.45) is 6.15. The summed E-state index contributed by atoms with van der Waals surface area (Å²) < 4.78 is 0. The number of rotatable bonds is 3. The van der Waals surface area contributed by atoms with Crippen molar-refractivity contribution in [1.82, 2.24) is 9.88 Å². The highest BCUT2D eigenvalue weighted by atomic mass is 16.3. The van der Waals surface area contributed by atoms with Gasteiger partial charge in [0.2, 0.25) is 0 Å². The van der Waals surface area contributed by atoms with Gasteiger partial charge in [0.1, 0.15) is 5.75 Å². The number of hydrogen-bond donors (Lipinski definition) is 2. The Morgan fingerprint density at radius 2 is 1.84 bits per heavy atom. The molecule has 0 unspecified atom stereocenters. The van der Waals surface area contributed by atoms with Gasteiger partial charge in [-0.05, 0) is 31.3 Å². The molecule has 0 bridgehead atoms. The summed E-state index contributed by atoms with van der Waals surface area (Å²) >= 11 is 0. The minimum atomic E-state index is -0.191. The fourth-order valence-corrected chi connectivity index (χ4v) is 4.11. The second-order valence-corrected chi connectivity index (χ2v) is 7.20. The lowest BCUT2D eigenvalue weighted by Gasteiger charge is -2.31. The molecule has 130 valence electrons. The molecule has 1 heterocycles. The molecule has 25 heavy (non-hydrogen) atoms. The first-order valence-corrected chi connectivity index (χ1v) is 9.11. The van der Waals surface area contributed by atoms with Crippen molar-refractivity contribution in [2.24, 2.45) is 0 Å². The van der Waals surface area contributed by atoms with Crippen LogP contribution in [0.3, 0.4) is 0 Å². The van der Waals surface area contributed by atoms with E-state index in [-0.39, 0.29) is 11.3 Å². The number of fused-ring (bicyclic) bond motifs is 3. The monoisotopic (exact) mass is 336 g/mol. The second kappa shape index (κ2) is 6.52. The van der Waals surface area contributed by atoms with Crippen LogP contribution in [-0.2, 0) is 6.54 Å². The molecule has 0 saturated heterocycles. The molecule has 1 aliphatic rings. The lowest BCUT2D eigenvalue weighted by molar-refractivity contribution is 0.182. The van der Waals surface area contributed by atoms with E-state index in [0.717, 1.165) is 10.8 Å². The van der Waals surface area contributed by atoms with Gasteiger partial charge in [-0.25, -0.2) is 0 Å². The van der Waals surface area contributed by atoms with Crippen molar-refractivity contribution in [2.75, 3.05) is 7.05 Å². The number of aromatic nitrogens is 1. The molecule has 1 aliphatic carbocycles. The third-order valence-electron chi connectivity index (χ3n) is 5.59. The Balaban J connectivity index is 1.77. The molecule has 0 radical (unpaired) electrons. The van der Waals surface area contributed by atoms with E-state index in [0.29, 0.717) is 29.1 Å². The molecule has 0 spiro atoms. The van der Waals surface area contributed by atoms with Gasteiger partial charge in [0, 0.05) is 23.4 Å². The quantitative estimate of drug-likeness (QED) is 0.706. The van der Waals surface area contributed by atoms with E-state index >= 15 is 0 Å². The van der Waals surface area contributed by atoms with Crippen LogP contribution in [0, 0.1) is 0 Å². The van der Waals surface area contributed by atoms with Crippen LogP contribution in [-0.4, -0.2) is 28.1 Å². The fourth-order valence-electron chi connectivity index (χ4n) is 4.11. The zero-order valence-corrected chi connectivity index (χ0v) is 14.6.